The van der Waals surface area contributed by atoms with E-state index in [0.29, 0.717) is 0 Å². The predicted octanol–water partition coefficient (Wildman–Crippen LogP) is 2.33. The van der Waals surface area contributed by atoms with Gasteiger partial charge in [-0.15, -0.1) is 0 Å². The number of urea groups is 1. The van der Waals surface area contributed by atoms with Crippen LogP contribution >= 0.6 is 0 Å². The zero-order chi connectivity index (χ0) is 13.3. The summed E-state index contributed by atoms with van der Waals surface area (Å²) in [4.78, 5) is 11.8. The maximum absolute atomic E-state index is 11.8. The van der Waals surface area contributed by atoms with Crippen molar-refractivity contribution in [1.29, 1.82) is 0 Å². The van der Waals surface area contributed by atoms with Crippen molar-refractivity contribution in [2.24, 2.45) is 0 Å². The molecule has 1 heterocycles. The zero-order valence-corrected chi connectivity index (χ0v) is 10.8. The average Bonchev–Trinajstić information content (AvgIpc) is 2.88. The van der Waals surface area contributed by atoms with Gasteiger partial charge < -0.3 is 10.6 Å². The van der Waals surface area contributed by atoms with Crippen LogP contribution in [0.25, 0.3) is 0 Å². The van der Waals surface area contributed by atoms with E-state index < -0.39 is 0 Å². The molecular formula is C17H14N2O. The summed E-state index contributed by atoms with van der Waals surface area (Å²) >= 11 is 0. The Hall–Kier alpha value is -2.29. The van der Waals surface area contributed by atoms with Gasteiger partial charge in [-0.25, -0.2) is 4.79 Å². The maximum atomic E-state index is 11.8. The van der Waals surface area contributed by atoms with Crippen molar-refractivity contribution in [3.8, 4) is 0 Å². The van der Waals surface area contributed by atoms with Gasteiger partial charge in [-0.05, 0) is 22.3 Å². The lowest BCUT2D eigenvalue weighted by Gasteiger charge is -2.47. The molecule has 2 bridgehead atoms. The first-order valence-corrected chi connectivity index (χ1v) is 7.09. The second-order valence-electron chi connectivity index (χ2n) is 5.88. The monoisotopic (exact) mass is 262 g/mol. The second-order valence-corrected chi connectivity index (χ2v) is 5.88. The normalized spacial score (nSPS) is 31.9. The van der Waals surface area contributed by atoms with E-state index in [1.54, 1.807) is 0 Å². The number of carbonyl (C=O) groups excluding carboxylic acids is 1. The molecule has 98 valence electrons. The van der Waals surface area contributed by atoms with Gasteiger partial charge in [0.05, 0.1) is 12.1 Å². The van der Waals surface area contributed by atoms with Gasteiger partial charge in [-0.2, -0.15) is 0 Å². The third-order valence-electron chi connectivity index (χ3n) is 5.03. The minimum Gasteiger partial charge on any atom is -0.332 e. The maximum Gasteiger partial charge on any atom is 0.315 e. The Balaban J connectivity index is 1.83. The Kier molecular flexibility index (Phi) is 1.80. The van der Waals surface area contributed by atoms with Crippen LogP contribution in [0.2, 0.25) is 0 Å². The number of hydrogen-bond donors (Lipinski definition) is 2. The van der Waals surface area contributed by atoms with E-state index in [9.17, 15) is 4.79 Å². The molecule has 2 amide bonds. The number of amides is 2. The minimum absolute atomic E-state index is 0.0318. The van der Waals surface area contributed by atoms with Crippen LogP contribution < -0.4 is 10.6 Å². The fourth-order valence-corrected chi connectivity index (χ4v) is 4.37. The fraction of sp³-hybridized carbons (Fsp3) is 0.235. The SMILES string of the molecule is O=C1N[C@@H]2C3c4ccccc4C(c4ccccc43)[C@@H]2N1. The predicted molar refractivity (Wildman–Crippen MR) is 75.8 cm³/mol. The molecule has 2 atom stereocenters. The van der Waals surface area contributed by atoms with Crippen LogP contribution in [0.4, 0.5) is 4.79 Å². The molecule has 0 spiro atoms. The van der Waals surface area contributed by atoms with Gasteiger partial charge in [0.1, 0.15) is 0 Å². The fourth-order valence-electron chi connectivity index (χ4n) is 4.37. The summed E-state index contributed by atoms with van der Waals surface area (Å²) in [6.07, 6.45) is 0. The van der Waals surface area contributed by atoms with E-state index in [0.717, 1.165) is 0 Å². The first-order valence-electron chi connectivity index (χ1n) is 7.09. The number of nitrogens with one attached hydrogen (secondary N) is 2. The van der Waals surface area contributed by atoms with E-state index in [2.05, 4.69) is 59.2 Å². The molecule has 0 saturated carbocycles. The summed E-state index contributed by atoms with van der Waals surface area (Å²) in [6, 6.07) is 17.6. The molecule has 0 aromatic heterocycles. The Morgan fingerprint density at radius 2 is 1.00 bits per heavy atom. The van der Waals surface area contributed by atoms with Crippen molar-refractivity contribution in [2.75, 3.05) is 0 Å². The van der Waals surface area contributed by atoms with Crippen LogP contribution in [0, 0.1) is 0 Å². The molecule has 3 aliphatic carbocycles. The lowest BCUT2D eigenvalue weighted by molar-refractivity contribution is 0.247. The Labute approximate surface area is 117 Å². The molecule has 2 aromatic rings. The molecule has 1 saturated heterocycles. The van der Waals surface area contributed by atoms with Crippen molar-refractivity contribution in [3.63, 3.8) is 0 Å². The summed E-state index contributed by atoms with van der Waals surface area (Å²) in [5.74, 6) is 0.549. The van der Waals surface area contributed by atoms with Gasteiger partial charge in [0.25, 0.3) is 0 Å². The number of carbonyl (C=O) groups is 1. The van der Waals surface area contributed by atoms with E-state index in [4.69, 9.17) is 0 Å². The lowest BCUT2D eigenvalue weighted by atomic mass is 9.60. The van der Waals surface area contributed by atoms with Gasteiger partial charge in [-0.1, -0.05) is 48.5 Å². The topological polar surface area (TPSA) is 41.1 Å². The average molecular weight is 262 g/mol. The van der Waals surface area contributed by atoms with E-state index in [-0.39, 0.29) is 30.0 Å². The minimum atomic E-state index is -0.0318. The standard InChI is InChI=1S/C17H14N2O/c20-17-18-15-13-9-5-1-2-6-10(9)14(16(15)19-17)12-8-4-3-7-11(12)13/h1-8,13-16H,(H2,18,19,20)/t13?,14?,15-,16+. The Bertz CT molecular complexity index is 632. The van der Waals surface area contributed by atoms with Crippen molar-refractivity contribution in [1.82, 2.24) is 10.6 Å². The number of benzene rings is 2. The molecule has 3 heteroatoms. The van der Waals surface area contributed by atoms with Crippen LogP contribution in [-0.2, 0) is 0 Å². The highest BCUT2D eigenvalue weighted by Gasteiger charge is 2.53. The Morgan fingerprint density at radius 1 is 0.650 bits per heavy atom. The first-order chi connectivity index (χ1) is 9.84. The first kappa shape index (κ1) is 10.5. The van der Waals surface area contributed by atoms with Crippen LogP contribution in [0.5, 0.6) is 0 Å². The molecule has 3 nitrogen and oxygen atoms in total. The number of rotatable bonds is 0. The van der Waals surface area contributed by atoms with Crippen LogP contribution in [0.15, 0.2) is 48.5 Å². The number of hydrogen-bond acceptors (Lipinski definition) is 1. The van der Waals surface area contributed by atoms with Gasteiger partial charge in [0.2, 0.25) is 0 Å². The van der Waals surface area contributed by atoms with Crippen LogP contribution in [0.1, 0.15) is 34.1 Å². The molecule has 1 aliphatic heterocycles. The van der Waals surface area contributed by atoms with Crippen molar-refractivity contribution < 1.29 is 4.79 Å². The highest BCUT2D eigenvalue weighted by Crippen LogP contribution is 2.53. The molecule has 0 unspecified atom stereocenters. The van der Waals surface area contributed by atoms with Crippen molar-refractivity contribution >= 4 is 6.03 Å². The molecule has 0 radical (unpaired) electrons. The summed E-state index contributed by atoms with van der Waals surface area (Å²) in [6.45, 7) is 0. The van der Waals surface area contributed by atoms with Crippen LogP contribution in [-0.4, -0.2) is 18.1 Å². The van der Waals surface area contributed by atoms with Crippen LogP contribution in [0.3, 0.4) is 0 Å². The van der Waals surface area contributed by atoms with Gasteiger partial charge in [0.15, 0.2) is 0 Å². The van der Waals surface area contributed by atoms with Gasteiger partial charge in [-0.3, -0.25) is 0 Å². The van der Waals surface area contributed by atoms with Crippen molar-refractivity contribution in [3.05, 3.63) is 70.8 Å². The third kappa shape index (κ3) is 1.10. The van der Waals surface area contributed by atoms with E-state index in [1.165, 1.54) is 22.3 Å². The third-order valence-corrected chi connectivity index (χ3v) is 5.03. The quantitative estimate of drug-likeness (QED) is 0.751. The van der Waals surface area contributed by atoms with Gasteiger partial charge >= 0.3 is 6.03 Å². The molecule has 2 N–H and O–H groups in total. The molecule has 6 rings (SSSR count). The smallest absolute Gasteiger partial charge is 0.315 e. The zero-order valence-electron chi connectivity index (χ0n) is 10.8. The molecule has 2 aromatic carbocycles. The molecule has 4 aliphatic rings. The van der Waals surface area contributed by atoms with E-state index in [1.807, 2.05) is 0 Å². The molecule has 20 heavy (non-hydrogen) atoms. The highest BCUT2D eigenvalue weighted by molar-refractivity contribution is 5.80. The van der Waals surface area contributed by atoms with Gasteiger partial charge in [0, 0.05) is 11.8 Å². The summed E-state index contributed by atoms with van der Waals surface area (Å²) in [5.41, 5.74) is 5.51. The largest absolute Gasteiger partial charge is 0.332 e. The highest BCUT2D eigenvalue weighted by atomic mass is 16.2. The Morgan fingerprint density at radius 3 is 1.35 bits per heavy atom. The molecular weight excluding hydrogens is 248 g/mol. The summed E-state index contributed by atoms with van der Waals surface area (Å²) < 4.78 is 0. The van der Waals surface area contributed by atoms with Crippen molar-refractivity contribution in [2.45, 2.75) is 23.9 Å². The lowest BCUT2D eigenvalue weighted by Crippen LogP contribution is -2.51. The second kappa shape index (κ2) is 3.42. The summed E-state index contributed by atoms with van der Waals surface area (Å²) in [7, 11) is 0. The molecule has 1 fully saturated rings. The van der Waals surface area contributed by atoms with E-state index >= 15 is 0 Å². The summed E-state index contributed by atoms with van der Waals surface area (Å²) in [5, 5.41) is 6.24.